The summed E-state index contributed by atoms with van der Waals surface area (Å²) in [4.78, 5) is 20.9. The zero-order valence-corrected chi connectivity index (χ0v) is 16.2. The number of morpholine rings is 1. The lowest BCUT2D eigenvalue weighted by atomic mass is 10.1. The molecule has 1 saturated heterocycles. The number of hydrogen-bond acceptors (Lipinski definition) is 7. The summed E-state index contributed by atoms with van der Waals surface area (Å²) >= 11 is 1.57. The summed E-state index contributed by atoms with van der Waals surface area (Å²) in [6.45, 7) is 7.92. The molecule has 8 heteroatoms. The molecule has 7 nitrogen and oxygen atoms in total. The first kappa shape index (κ1) is 18.1. The van der Waals surface area contributed by atoms with Gasteiger partial charge >= 0.3 is 0 Å². The zero-order valence-electron chi connectivity index (χ0n) is 15.4. The molecule has 4 heterocycles. The van der Waals surface area contributed by atoms with Crippen molar-refractivity contribution in [2.45, 2.75) is 19.9 Å². The molecule has 3 aromatic heterocycles. The van der Waals surface area contributed by atoms with Gasteiger partial charge in [0.2, 0.25) is 0 Å². The monoisotopic (exact) mass is 386 g/mol. The van der Waals surface area contributed by atoms with Gasteiger partial charge in [-0.1, -0.05) is 11.2 Å². The smallest absolute Gasteiger partial charge is 0.259 e. The van der Waals surface area contributed by atoms with Gasteiger partial charge in [0.05, 0.1) is 40.4 Å². The van der Waals surface area contributed by atoms with Crippen LogP contribution in [0.1, 0.15) is 23.0 Å². The molecule has 3 aromatic rings. The standard InChI is InChI=1S/C19H22N4O3S/c1-12(11-23-5-7-25-8-6-23)20-18(24)14-10-15(16-4-3-9-27-16)21-19-17(14)13(2)22-26-19/h3-4,9-10,12H,5-8,11H2,1-2H3,(H,20,24). The van der Waals surface area contributed by atoms with Gasteiger partial charge in [0.15, 0.2) is 0 Å². The Morgan fingerprint density at radius 3 is 2.96 bits per heavy atom. The predicted octanol–water partition coefficient (Wildman–Crippen LogP) is 2.71. The average Bonchev–Trinajstić information content (AvgIpc) is 3.32. The number of carbonyl (C=O) groups is 1. The van der Waals surface area contributed by atoms with Crippen molar-refractivity contribution in [1.29, 1.82) is 0 Å². The van der Waals surface area contributed by atoms with E-state index in [-0.39, 0.29) is 11.9 Å². The summed E-state index contributed by atoms with van der Waals surface area (Å²) in [5, 5.41) is 9.76. The molecule has 0 spiro atoms. The number of rotatable bonds is 5. The Balaban J connectivity index is 1.59. The minimum Gasteiger partial charge on any atom is -0.379 e. The third-order valence-electron chi connectivity index (χ3n) is 4.65. The lowest BCUT2D eigenvalue weighted by Crippen LogP contribution is -2.46. The molecule has 1 aliphatic heterocycles. The highest BCUT2D eigenvalue weighted by Crippen LogP contribution is 2.29. The summed E-state index contributed by atoms with van der Waals surface area (Å²) in [5.74, 6) is -0.132. The second-order valence-electron chi connectivity index (χ2n) is 6.77. The van der Waals surface area contributed by atoms with Crippen molar-refractivity contribution in [1.82, 2.24) is 20.4 Å². The number of amides is 1. The molecular formula is C19H22N4O3S. The normalized spacial score (nSPS) is 16.5. The summed E-state index contributed by atoms with van der Waals surface area (Å²) in [6, 6.07) is 5.78. The van der Waals surface area contributed by atoms with E-state index >= 15 is 0 Å². The Bertz CT molecular complexity index is 932. The number of carbonyl (C=O) groups excluding carboxylic acids is 1. The second-order valence-corrected chi connectivity index (χ2v) is 7.72. The highest BCUT2D eigenvalue weighted by molar-refractivity contribution is 7.13. The van der Waals surface area contributed by atoms with Crippen molar-refractivity contribution in [2.24, 2.45) is 0 Å². The van der Waals surface area contributed by atoms with Crippen LogP contribution in [0.3, 0.4) is 0 Å². The van der Waals surface area contributed by atoms with Gasteiger partial charge in [-0.3, -0.25) is 9.69 Å². The maximum absolute atomic E-state index is 13.0. The molecule has 1 unspecified atom stereocenters. The van der Waals surface area contributed by atoms with Crippen LogP contribution in [0.4, 0.5) is 0 Å². The maximum Gasteiger partial charge on any atom is 0.259 e. The molecule has 4 rings (SSSR count). The van der Waals surface area contributed by atoms with Crippen molar-refractivity contribution in [3.8, 4) is 10.6 Å². The van der Waals surface area contributed by atoms with Crippen LogP contribution >= 0.6 is 11.3 Å². The lowest BCUT2D eigenvalue weighted by molar-refractivity contribution is 0.0342. The van der Waals surface area contributed by atoms with Crippen LogP contribution in [0.2, 0.25) is 0 Å². The van der Waals surface area contributed by atoms with Crippen LogP contribution in [0.5, 0.6) is 0 Å². The molecule has 1 aliphatic rings. The first-order valence-electron chi connectivity index (χ1n) is 9.03. The quantitative estimate of drug-likeness (QED) is 0.726. The van der Waals surface area contributed by atoms with Gasteiger partial charge in [-0.25, -0.2) is 4.98 Å². The molecule has 1 amide bonds. The van der Waals surface area contributed by atoms with Crippen molar-refractivity contribution in [3.05, 3.63) is 34.8 Å². The van der Waals surface area contributed by atoms with E-state index in [0.717, 1.165) is 43.4 Å². The van der Waals surface area contributed by atoms with Gasteiger partial charge in [0, 0.05) is 25.7 Å². The Morgan fingerprint density at radius 2 is 2.22 bits per heavy atom. The van der Waals surface area contributed by atoms with Gasteiger partial charge < -0.3 is 14.6 Å². The van der Waals surface area contributed by atoms with Crippen LogP contribution in [-0.4, -0.2) is 59.8 Å². The van der Waals surface area contributed by atoms with E-state index < -0.39 is 0 Å². The highest BCUT2D eigenvalue weighted by Gasteiger charge is 2.22. The number of pyridine rings is 1. The highest BCUT2D eigenvalue weighted by atomic mass is 32.1. The van der Waals surface area contributed by atoms with E-state index in [1.54, 1.807) is 11.3 Å². The second kappa shape index (κ2) is 7.75. The predicted molar refractivity (Wildman–Crippen MR) is 104 cm³/mol. The molecule has 0 bridgehead atoms. The van der Waals surface area contributed by atoms with Crippen LogP contribution in [-0.2, 0) is 4.74 Å². The van der Waals surface area contributed by atoms with Gasteiger partial charge in [-0.2, -0.15) is 0 Å². The molecular weight excluding hydrogens is 364 g/mol. The maximum atomic E-state index is 13.0. The Hall–Kier alpha value is -2.29. The molecule has 0 aliphatic carbocycles. The number of nitrogens with one attached hydrogen (secondary N) is 1. The Labute approximate surface area is 161 Å². The Kier molecular flexibility index (Phi) is 5.20. The number of aryl methyl sites for hydroxylation is 1. The third-order valence-corrected chi connectivity index (χ3v) is 5.54. The molecule has 0 aromatic carbocycles. The van der Waals surface area contributed by atoms with Gasteiger partial charge in [-0.15, -0.1) is 11.3 Å². The summed E-state index contributed by atoms with van der Waals surface area (Å²) < 4.78 is 10.7. The summed E-state index contributed by atoms with van der Waals surface area (Å²) in [6.07, 6.45) is 0. The van der Waals surface area contributed by atoms with E-state index in [2.05, 4.69) is 20.4 Å². The van der Waals surface area contributed by atoms with E-state index in [1.165, 1.54) is 0 Å². The fraction of sp³-hybridized carbons (Fsp3) is 0.421. The van der Waals surface area contributed by atoms with Crippen molar-refractivity contribution in [2.75, 3.05) is 32.8 Å². The molecule has 0 radical (unpaired) electrons. The van der Waals surface area contributed by atoms with E-state index in [4.69, 9.17) is 9.26 Å². The first-order chi connectivity index (χ1) is 13.1. The minimum absolute atomic E-state index is 0.0177. The van der Waals surface area contributed by atoms with Crippen LogP contribution < -0.4 is 5.32 Å². The third kappa shape index (κ3) is 3.87. The molecule has 142 valence electrons. The van der Waals surface area contributed by atoms with E-state index in [0.29, 0.717) is 22.4 Å². The van der Waals surface area contributed by atoms with E-state index in [1.807, 2.05) is 37.4 Å². The summed E-state index contributed by atoms with van der Waals surface area (Å²) in [5.41, 5.74) is 2.33. The van der Waals surface area contributed by atoms with Crippen molar-refractivity contribution >= 4 is 28.3 Å². The molecule has 27 heavy (non-hydrogen) atoms. The minimum atomic E-state index is -0.132. The van der Waals surface area contributed by atoms with E-state index in [9.17, 15) is 4.79 Å². The Morgan fingerprint density at radius 1 is 1.41 bits per heavy atom. The summed E-state index contributed by atoms with van der Waals surface area (Å²) in [7, 11) is 0. The van der Waals surface area contributed by atoms with Gasteiger partial charge in [0.1, 0.15) is 0 Å². The molecule has 0 saturated carbocycles. The number of aromatic nitrogens is 2. The van der Waals surface area contributed by atoms with Crippen LogP contribution in [0.25, 0.3) is 21.7 Å². The lowest BCUT2D eigenvalue weighted by Gasteiger charge is -2.29. The van der Waals surface area contributed by atoms with Gasteiger partial charge in [-0.05, 0) is 31.4 Å². The zero-order chi connectivity index (χ0) is 18.8. The first-order valence-corrected chi connectivity index (χ1v) is 9.91. The number of nitrogens with zero attached hydrogens (tertiary/aromatic N) is 3. The van der Waals surface area contributed by atoms with Crippen molar-refractivity contribution in [3.63, 3.8) is 0 Å². The van der Waals surface area contributed by atoms with Gasteiger partial charge in [0.25, 0.3) is 11.6 Å². The largest absolute Gasteiger partial charge is 0.379 e. The number of ether oxygens (including phenoxy) is 1. The van der Waals surface area contributed by atoms with Crippen LogP contribution in [0, 0.1) is 6.92 Å². The SMILES string of the molecule is Cc1noc2nc(-c3cccs3)cc(C(=O)NC(C)CN3CCOCC3)c12. The number of thiophene rings is 1. The average molecular weight is 386 g/mol. The van der Waals surface area contributed by atoms with Crippen LogP contribution in [0.15, 0.2) is 28.1 Å². The fourth-order valence-corrected chi connectivity index (χ4v) is 4.03. The molecule has 1 atom stereocenters. The molecule has 1 N–H and O–H groups in total. The van der Waals surface area contributed by atoms with Crippen molar-refractivity contribution < 1.29 is 14.1 Å². The number of fused-ring (bicyclic) bond motifs is 1. The number of hydrogen-bond donors (Lipinski definition) is 1. The molecule has 1 fully saturated rings. The fourth-order valence-electron chi connectivity index (χ4n) is 3.34. The topological polar surface area (TPSA) is 80.5 Å².